The van der Waals surface area contributed by atoms with Gasteiger partial charge >= 0.3 is 5.97 Å². The number of nitrogens with zero attached hydrogens (tertiary/aromatic N) is 1. The number of Topliss-reactive ketones (excluding diaryl/α,β-unsaturated/α-hetero) is 2. The quantitative estimate of drug-likeness (QED) is 0.779. The van der Waals surface area contributed by atoms with Crippen LogP contribution in [-0.2, 0) is 0 Å². The molecule has 3 rings (SSSR count). The van der Waals surface area contributed by atoms with E-state index in [1.165, 1.54) is 23.9 Å². The zero-order valence-corrected chi connectivity index (χ0v) is 10.4. The van der Waals surface area contributed by atoms with E-state index in [0.717, 1.165) is 0 Å². The van der Waals surface area contributed by atoms with E-state index < -0.39 is 11.8 Å². The molecule has 0 unspecified atom stereocenters. The van der Waals surface area contributed by atoms with Crippen LogP contribution in [0.4, 0.5) is 0 Å². The van der Waals surface area contributed by atoms with Gasteiger partial charge in [-0.1, -0.05) is 0 Å². The van der Waals surface area contributed by atoms with Gasteiger partial charge in [-0.3, -0.25) is 9.59 Å². The number of hydrogen-bond donors (Lipinski definition) is 2. The van der Waals surface area contributed by atoms with Crippen LogP contribution in [0, 0.1) is 0 Å². The van der Waals surface area contributed by atoms with E-state index in [1.807, 2.05) is 0 Å². The van der Waals surface area contributed by atoms with Gasteiger partial charge < -0.3 is 10.4 Å². The van der Waals surface area contributed by atoms with E-state index in [1.54, 1.807) is 0 Å². The van der Waals surface area contributed by atoms with E-state index in [2.05, 4.69) is 10.3 Å². The third kappa shape index (κ3) is 1.74. The highest BCUT2D eigenvalue weighted by molar-refractivity contribution is 8.04. The van der Waals surface area contributed by atoms with Crippen molar-refractivity contribution < 1.29 is 19.5 Å². The first-order chi connectivity index (χ1) is 9.09. The van der Waals surface area contributed by atoms with E-state index in [0.29, 0.717) is 17.2 Å². The number of hydrogen-bond acceptors (Lipinski definition) is 6. The van der Waals surface area contributed by atoms with Gasteiger partial charge in [0.25, 0.3) is 0 Å². The molecule has 0 saturated carbocycles. The second-order valence-corrected chi connectivity index (χ2v) is 5.14. The Hall–Kier alpha value is -2.15. The fourth-order valence-corrected chi connectivity index (χ4v) is 2.98. The molecule has 0 atom stereocenters. The van der Waals surface area contributed by atoms with Crippen molar-refractivity contribution in [2.45, 2.75) is 0 Å². The maximum atomic E-state index is 12.2. The Balaban J connectivity index is 2.18. The van der Waals surface area contributed by atoms with Crippen LogP contribution < -0.4 is 5.32 Å². The molecular weight excluding hydrogens is 268 g/mol. The number of fused-ring (bicyclic) bond motifs is 1. The summed E-state index contributed by atoms with van der Waals surface area (Å²) < 4.78 is 0. The molecule has 0 bridgehead atoms. The number of pyridine rings is 1. The first-order valence-corrected chi connectivity index (χ1v) is 6.53. The summed E-state index contributed by atoms with van der Waals surface area (Å²) in [6.45, 7) is 0.594. The molecule has 7 heteroatoms. The molecule has 96 valence electrons. The SMILES string of the molecule is O=C(O)c1ccc2c(n1)C(=O)C1=C(SCCN1)C2=O. The lowest BCUT2D eigenvalue weighted by Gasteiger charge is -2.24. The number of ketones is 2. The van der Waals surface area contributed by atoms with Crippen molar-refractivity contribution >= 4 is 29.3 Å². The van der Waals surface area contributed by atoms with Gasteiger partial charge in [-0.2, -0.15) is 0 Å². The van der Waals surface area contributed by atoms with Crippen molar-refractivity contribution in [3.8, 4) is 0 Å². The second-order valence-electron chi connectivity index (χ2n) is 4.04. The van der Waals surface area contributed by atoms with Gasteiger partial charge in [0.1, 0.15) is 17.1 Å². The van der Waals surface area contributed by atoms with Crippen LogP contribution >= 0.6 is 11.8 Å². The molecular formula is C12H8N2O4S. The Labute approximate surface area is 111 Å². The number of aromatic carboxylic acids is 1. The molecule has 1 aromatic rings. The van der Waals surface area contributed by atoms with Crippen LogP contribution in [0.25, 0.3) is 0 Å². The number of rotatable bonds is 1. The maximum absolute atomic E-state index is 12.2. The molecule has 6 nitrogen and oxygen atoms in total. The lowest BCUT2D eigenvalue weighted by atomic mass is 9.96. The van der Waals surface area contributed by atoms with Crippen LogP contribution in [-0.4, -0.2) is 39.9 Å². The van der Waals surface area contributed by atoms with Gasteiger partial charge in [-0.15, -0.1) is 11.8 Å². The summed E-state index contributed by atoms with van der Waals surface area (Å²) in [7, 11) is 0. The van der Waals surface area contributed by atoms with Crippen molar-refractivity contribution in [2.75, 3.05) is 12.3 Å². The smallest absolute Gasteiger partial charge is 0.354 e. The summed E-state index contributed by atoms with van der Waals surface area (Å²) in [5.74, 6) is -1.20. The van der Waals surface area contributed by atoms with E-state index in [9.17, 15) is 14.4 Å². The average Bonchev–Trinajstić information content (AvgIpc) is 2.44. The highest BCUT2D eigenvalue weighted by Crippen LogP contribution is 2.33. The van der Waals surface area contributed by atoms with Crippen molar-refractivity contribution in [3.05, 3.63) is 39.7 Å². The van der Waals surface area contributed by atoms with Gasteiger partial charge in [0, 0.05) is 12.3 Å². The van der Waals surface area contributed by atoms with Crippen molar-refractivity contribution in [2.24, 2.45) is 0 Å². The third-order valence-electron chi connectivity index (χ3n) is 2.88. The lowest BCUT2D eigenvalue weighted by Crippen LogP contribution is -2.35. The monoisotopic (exact) mass is 276 g/mol. The van der Waals surface area contributed by atoms with Crippen LogP contribution in [0.2, 0.25) is 0 Å². The van der Waals surface area contributed by atoms with E-state index >= 15 is 0 Å². The molecule has 1 aromatic heterocycles. The molecule has 0 aromatic carbocycles. The molecule has 1 aliphatic heterocycles. The minimum absolute atomic E-state index is 0.0846. The Morgan fingerprint density at radius 1 is 1.32 bits per heavy atom. The predicted molar refractivity (Wildman–Crippen MR) is 67.3 cm³/mol. The Kier molecular flexibility index (Phi) is 2.63. The highest BCUT2D eigenvalue weighted by Gasteiger charge is 2.35. The Bertz CT molecular complexity index is 666. The second kappa shape index (κ2) is 4.20. The summed E-state index contributed by atoms with van der Waals surface area (Å²) in [5.41, 5.74) is 0.0831. The number of carbonyl (C=O) groups is 3. The fourth-order valence-electron chi connectivity index (χ4n) is 2.02. The predicted octanol–water partition coefficient (Wildman–Crippen LogP) is 0.707. The summed E-state index contributed by atoms with van der Waals surface area (Å²) in [6, 6.07) is 2.59. The Morgan fingerprint density at radius 2 is 2.11 bits per heavy atom. The van der Waals surface area contributed by atoms with Crippen LogP contribution in [0.15, 0.2) is 22.7 Å². The van der Waals surface area contributed by atoms with Gasteiger partial charge in [0.2, 0.25) is 11.6 Å². The number of thioether (sulfide) groups is 1. The number of aromatic nitrogens is 1. The molecule has 0 amide bonds. The third-order valence-corrected chi connectivity index (χ3v) is 3.97. The molecule has 2 N–H and O–H groups in total. The average molecular weight is 276 g/mol. The van der Waals surface area contributed by atoms with Crippen molar-refractivity contribution in [1.82, 2.24) is 10.3 Å². The minimum atomic E-state index is -1.23. The van der Waals surface area contributed by atoms with Gasteiger partial charge in [-0.05, 0) is 12.1 Å². The first kappa shape index (κ1) is 11.9. The number of nitrogens with one attached hydrogen (secondary N) is 1. The van der Waals surface area contributed by atoms with Gasteiger partial charge in [0.15, 0.2) is 0 Å². The zero-order valence-electron chi connectivity index (χ0n) is 9.60. The fraction of sp³-hybridized carbons (Fsp3) is 0.167. The standard InChI is InChI=1S/C12H8N2O4S/c15-9-5-1-2-6(12(17)18)14-7(5)10(16)8-11(9)19-4-3-13-8/h1-2,13H,3-4H2,(H,17,18). The van der Waals surface area contributed by atoms with Crippen molar-refractivity contribution in [1.29, 1.82) is 0 Å². The van der Waals surface area contributed by atoms with Gasteiger partial charge in [0.05, 0.1) is 10.5 Å². The van der Waals surface area contributed by atoms with Crippen LogP contribution in [0.1, 0.15) is 31.3 Å². The zero-order chi connectivity index (χ0) is 13.6. The molecule has 19 heavy (non-hydrogen) atoms. The number of allylic oxidation sites excluding steroid dienone is 2. The largest absolute Gasteiger partial charge is 0.477 e. The lowest BCUT2D eigenvalue weighted by molar-refractivity contribution is 0.0689. The maximum Gasteiger partial charge on any atom is 0.354 e. The van der Waals surface area contributed by atoms with Gasteiger partial charge in [-0.25, -0.2) is 9.78 Å². The number of carboxylic acid groups (broad SMARTS) is 1. The normalized spacial score (nSPS) is 17.7. The summed E-state index contributed by atoms with van der Waals surface area (Å²) in [5, 5.41) is 11.8. The minimum Gasteiger partial charge on any atom is -0.477 e. The number of carbonyl (C=O) groups excluding carboxylic acids is 2. The van der Waals surface area contributed by atoms with Crippen molar-refractivity contribution in [3.63, 3.8) is 0 Å². The highest BCUT2D eigenvalue weighted by atomic mass is 32.2. The Morgan fingerprint density at radius 3 is 2.84 bits per heavy atom. The van der Waals surface area contributed by atoms with E-state index in [4.69, 9.17) is 5.11 Å². The van der Waals surface area contributed by atoms with Crippen LogP contribution in [0.3, 0.4) is 0 Å². The summed E-state index contributed by atoms with van der Waals surface area (Å²) in [6.07, 6.45) is 0. The molecule has 0 spiro atoms. The molecule has 0 fully saturated rings. The van der Waals surface area contributed by atoms with E-state index in [-0.39, 0.29) is 28.4 Å². The molecule has 0 radical (unpaired) electrons. The molecule has 0 saturated heterocycles. The first-order valence-electron chi connectivity index (χ1n) is 5.54. The molecule has 2 aliphatic rings. The summed E-state index contributed by atoms with van der Waals surface area (Å²) in [4.78, 5) is 39.5. The van der Waals surface area contributed by atoms with Crippen LogP contribution in [0.5, 0.6) is 0 Å². The molecule has 2 heterocycles. The molecule has 1 aliphatic carbocycles. The summed E-state index contributed by atoms with van der Waals surface area (Å²) >= 11 is 1.34. The number of carboxylic acids is 1. The topological polar surface area (TPSA) is 96.4 Å².